The SMILES string of the molecule is Cc1ccc(-c2nc(N)nc3ccc(Cl)cc23)cc1NC(=O)c1cccnc1. The van der Waals surface area contributed by atoms with E-state index in [2.05, 4.69) is 20.3 Å². The van der Waals surface area contributed by atoms with Crippen LogP contribution in [0, 0.1) is 6.92 Å². The first-order chi connectivity index (χ1) is 13.5. The molecule has 4 aromatic rings. The summed E-state index contributed by atoms with van der Waals surface area (Å²) in [7, 11) is 0. The molecule has 0 unspecified atom stereocenters. The van der Waals surface area contributed by atoms with Crippen LogP contribution in [0.1, 0.15) is 15.9 Å². The zero-order valence-electron chi connectivity index (χ0n) is 15.0. The quantitative estimate of drug-likeness (QED) is 0.538. The van der Waals surface area contributed by atoms with Gasteiger partial charge in [-0.15, -0.1) is 0 Å². The van der Waals surface area contributed by atoms with Crippen LogP contribution in [0.3, 0.4) is 0 Å². The molecule has 138 valence electrons. The van der Waals surface area contributed by atoms with Gasteiger partial charge in [0, 0.05) is 34.1 Å². The summed E-state index contributed by atoms with van der Waals surface area (Å²) >= 11 is 6.16. The van der Waals surface area contributed by atoms with E-state index in [1.165, 1.54) is 6.20 Å². The lowest BCUT2D eigenvalue weighted by Crippen LogP contribution is -2.13. The van der Waals surface area contributed by atoms with Gasteiger partial charge >= 0.3 is 0 Å². The first kappa shape index (κ1) is 17.9. The zero-order valence-corrected chi connectivity index (χ0v) is 15.7. The maximum absolute atomic E-state index is 12.5. The minimum absolute atomic E-state index is 0.173. The van der Waals surface area contributed by atoms with Crippen LogP contribution in [0.15, 0.2) is 60.9 Å². The third-order valence-corrected chi connectivity index (χ3v) is 4.59. The number of halogens is 1. The van der Waals surface area contributed by atoms with Crippen molar-refractivity contribution in [1.82, 2.24) is 15.0 Å². The van der Waals surface area contributed by atoms with Gasteiger partial charge in [0.05, 0.1) is 16.8 Å². The van der Waals surface area contributed by atoms with Gasteiger partial charge in [0.25, 0.3) is 5.91 Å². The molecule has 6 nitrogen and oxygen atoms in total. The van der Waals surface area contributed by atoms with E-state index in [0.29, 0.717) is 27.5 Å². The highest BCUT2D eigenvalue weighted by molar-refractivity contribution is 6.31. The number of carbonyl (C=O) groups excluding carboxylic acids is 1. The number of fused-ring (bicyclic) bond motifs is 1. The molecular weight excluding hydrogens is 374 g/mol. The maximum Gasteiger partial charge on any atom is 0.257 e. The summed E-state index contributed by atoms with van der Waals surface area (Å²) in [6.45, 7) is 1.92. The Morgan fingerprint density at radius 2 is 1.96 bits per heavy atom. The Morgan fingerprint density at radius 3 is 2.75 bits per heavy atom. The second-order valence-corrected chi connectivity index (χ2v) is 6.75. The fourth-order valence-corrected chi connectivity index (χ4v) is 3.11. The Kier molecular flexibility index (Phi) is 4.63. The average molecular weight is 390 g/mol. The number of aromatic nitrogens is 3. The number of pyridine rings is 1. The number of carbonyl (C=O) groups is 1. The summed E-state index contributed by atoms with van der Waals surface area (Å²) in [5.74, 6) is -0.0604. The van der Waals surface area contributed by atoms with Gasteiger partial charge in [0.1, 0.15) is 0 Å². The number of amides is 1. The monoisotopic (exact) mass is 389 g/mol. The number of nitrogens with zero attached hydrogens (tertiary/aromatic N) is 3. The van der Waals surface area contributed by atoms with Crippen LogP contribution in [0.25, 0.3) is 22.2 Å². The number of benzene rings is 2. The second-order valence-electron chi connectivity index (χ2n) is 6.32. The van der Waals surface area contributed by atoms with Crippen molar-refractivity contribution >= 4 is 40.0 Å². The number of aryl methyl sites for hydroxylation is 1. The molecule has 0 aliphatic heterocycles. The van der Waals surface area contributed by atoms with Crippen LogP contribution < -0.4 is 11.1 Å². The van der Waals surface area contributed by atoms with Crippen LogP contribution in [0.2, 0.25) is 5.02 Å². The molecule has 2 heterocycles. The van der Waals surface area contributed by atoms with Crippen molar-refractivity contribution in [3.63, 3.8) is 0 Å². The second kappa shape index (κ2) is 7.25. The highest BCUT2D eigenvalue weighted by Gasteiger charge is 2.13. The van der Waals surface area contributed by atoms with Crippen molar-refractivity contribution in [1.29, 1.82) is 0 Å². The third-order valence-electron chi connectivity index (χ3n) is 4.36. The molecule has 2 aromatic carbocycles. The van der Waals surface area contributed by atoms with E-state index in [1.54, 1.807) is 36.5 Å². The topological polar surface area (TPSA) is 93.8 Å². The van der Waals surface area contributed by atoms with Crippen molar-refractivity contribution < 1.29 is 4.79 Å². The van der Waals surface area contributed by atoms with Crippen LogP contribution in [0.4, 0.5) is 11.6 Å². The Bertz CT molecular complexity index is 1190. The molecule has 0 aliphatic carbocycles. The molecule has 0 spiro atoms. The summed E-state index contributed by atoms with van der Waals surface area (Å²) < 4.78 is 0. The van der Waals surface area contributed by atoms with Crippen molar-refractivity contribution in [2.45, 2.75) is 6.92 Å². The Labute approximate surface area is 166 Å². The molecule has 28 heavy (non-hydrogen) atoms. The van der Waals surface area contributed by atoms with Crippen LogP contribution in [-0.2, 0) is 0 Å². The molecule has 0 bridgehead atoms. The largest absolute Gasteiger partial charge is 0.368 e. The smallest absolute Gasteiger partial charge is 0.257 e. The number of rotatable bonds is 3. The molecule has 0 saturated carbocycles. The van der Waals surface area contributed by atoms with E-state index in [9.17, 15) is 4.79 Å². The Hall–Kier alpha value is -3.51. The van der Waals surface area contributed by atoms with Crippen LogP contribution in [-0.4, -0.2) is 20.9 Å². The average Bonchev–Trinajstić information content (AvgIpc) is 2.70. The molecule has 0 saturated heterocycles. The number of hydrogen-bond donors (Lipinski definition) is 2. The summed E-state index contributed by atoms with van der Waals surface area (Å²) in [6.07, 6.45) is 3.15. The highest BCUT2D eigenvalue weighted by Crippen LogP contribution is 2.31. The van der Waals surface area contributed by atoms with E-state index in [4.69, 9.17) is 17.3 Å². The number of nitrogens with one attached hydrogen (secondary N) is 1. The number of nitrogen functional groups attached to an aromatic ring is 1. The fraction of sp³-hybridized carbons (Fsp3) is 0.0476. The highest BCUT2D eigenvalue weighted by atomic mass is 35.5. The molecule has 0 fully saturated rings. The van der Waals surface area contributed by atoms with Gasteiger partial charge in [-0.05, 0) is 48.9 Å². The van der Waals surface area contributed by atoms with Crippen molar-refractivity contribution in [3.05, 3.63) is 77.1 Å². The summed E-state index contributed by atoms with van der Waals surface area (Å²) in [5, 5.41) is 4.30. The van der Waals surface area contributed by atoms with Crippen LogP contribution in [0.5, 0.6) is 0 Å². The first-order valence-electron chi connectivity index (χ1n) is 8.56. The number of nitrogens with two attached hydrogens (primary N) is 1. The van der Waals surface area contributed by atoms with E-state index >= 15 is 0 Å². The minimum atomic E-state index is -0.233. The van der Waals surface area contributed by atoms with Gasteiger partial charge in [-0.1, -0.05) is 23.7 Å². The van der Waals surface area contributed by atoms with E-state index < -0.39 is 0 Å². The van der Waals surface area contributed by atoms with Gasteiger partial charge in [0.2, 0.25) is 5.95 Å². The molecule has 2 aromatic heterocycles. The van der Waals surface area contributed by atoms with Crippen molar-refractivity contribution in [3.8, 4) is 11.3 Å². The third kappa shape index (κ3) is 3.50. The molecule has 4 rings (SSSR count). The number of hydrogen-bond acceptors (Lipinski definition) is 5. The molecule has 0 radical (unpaired) electrons. The van der Waals surface area contributed by atoms with Gasteiger partial charge < -0.3 is 11.1 Å². The minimum Gasteiger partial charge on any atom is -0.368 e. The molecular formula is C21H16ClN5O. The summed E-state index contributed by atoms with van der Waals surface area (Å²) in [4.78, 5) is 25.2. The van der Waals surface area contributed by atoms with E-state index in [1.807, 2.05) is 25.1 Å². The van der Waals surface area contributed by atoms with Crippen LogP contribution >= 0.6 is 11.6 Å². The summed E-state index contributed by atoms with van der Waals surface area (Å²) in [5.41, 5.74) is 10.1. The molecule has 7 heteroatoms. The normalized spacial score (nSPS) is 10.8. The van der Waals surface area contributed by atoms with Gasteiger partial charge in [-0.2, -0.15) is 0 Å². The van der Waals surface area contributed by atoms with Gasteiger partial charge in [-0.3, -0.25) is 9.78 Å². The van der Waals surface area contributed by atoms with Crippen molar-refractivity contribution in [2.24, 2.45) is 0 Å². The summed E-state index contributed by atoms with van der Waals surface area (Å²) in [6, 6.07) is 14.5. The zero-order chi connectivity index (χ0) is 19.7. The van der Waals surface area contributed by atoms with E-state index in [-0.39, 0.29) is 11.9 Å². The number of anilines is 2. The first-order valence-corrected chi connectivity index (χ1v) is 8.94. The lowest BCUT2D eigenvalue weighted by atomic mass is 10.0. The molecule has 0 atom stereocenters. The lowest BCUT2D eigenvalue weighted by molar-refractivity contribution is 0.102. The van der Waals surface area contributed by atoms with Crippen molar-refractivity contribution in [2.75, 3.05) is 11.1 Å². The molecule has 0 aliphatic rings. The van der Waals surface area contributed by atoms with Gasteiger partial charge in [-0.25, -0.2) is 9.97 Å². The lowest BCUT2D eigenvalue weighted by Gasteiger charge is -2.12. The predicted octanol–water partition coefficient (Wildman–Crippen LogP) is 4.49. The molecule has 1 amide bonds. The van der Waals surface area contributed by atoms with Gasteiger partial charge in [0.15, 0.2) is 0 Å². The Balaban J connectivity index is 1.78. The fourth-order valence-electron chi connectivity index (χ4n) is 2.93. The molecule has 3 N–H and O–H groups in total. The standard InChI is InChI=1S/C21H16ClN5O/c1-12-4-5-13(9-18(12)25-20(28)14-3-2-8-24-11-14)19-16-10-15(22)6-7-17(16)26-21(23)27-19/h2-11H,1H3,(H,25,28)(H2,23,26,27). The Morgan fingerprint density at radius 1 is 1.11 bits per heavy atom. The van der Waals surface area contributed by atoms with E-state index in [0.717, 1.165) is 16.5 Å². The predicted molar refractivity (Wildman–Crippen MR) is 111 cm³/mol. The maximum atomic E-state index is 12.5.